The van der Waals surface area contributed by atoms with Crippen molar-refractivity contribution < 1.29 is 19.1 Å². The second-order valence-corrected chi connectivity index (χ2v) is 5.96. The third-order valence-corrected chi connectivity index (χ3v) is 4.77. The molecule has 2 atom stereocenters. The first-order valence-electron chi connectivity index (χ1n) is 6.39. The monoisotopic (exact) mass is 297 g/mol. The number of aryl methyl sites for hydroxylation is 1. The van der Waals surface area contributed by atoms with E-state index < -0.39 is 23.7 Å². The van der Waals surface area contributed by atoms with E-state index in [4.69, 9.17) is 0 Å². The van der Waals surface area contributed by atoms with Crippen molar-refractivity contribution in [1.29, 1.82) is 0 Å². The Hall–Kier alpha value is -1.56. The summed E-state index contributed by atoms with van der Waals surface area (Å²) in [5.41, 5.74) is 0.707. The quantitative estimate of drug-likeness (QED) is 0.931. The maximum absolute atomic E-state index is 13.8. The van der Waals surface area contributed by atoms with Crippen molar-refractivity contribution in [2.75, 3.05) is 5.75 Å². The van der Waals surface area contributed by atoms with Crippen molar-refractivity contribution in [1.82, 2.24) is 4.90 Å². The number of benzene rings is 1. The highest BCUT2D eigenvalue weighted by Crippen LogP contribution is 2.33. The molecule has 1 heterocycles. The van der Waals surface area contributed by atoms with Crippen molar-refractivity contribution >= 4 is 23.6 Å². The summed E-state index contributed by atoms with van der Waals surface area (Å²) in [4.78, 5) is 25.1. The number of carboxylic acid groups (broad SMARTS) is 1. The molecule has 0 radical (unpaired) electrons. The Kier molecular flexibility index (Phi) is 4.32. The Morgan fingerprint density at radius 1 is 1.50 bits per heavy atom. The number of hydrogen-bond donors (Lipinski definition) is 1. The minimum Gasteiger partial charge on any atom is -0.480 e. The van der Waals surface area contributed by atoms with Gasteiger partial charge >= 0.3 is 5.97 Å². The molecule has 2 unspecified atom stereocenters. The van der Waals surface area contributed by atoms with Gasteiger partial charge in [0.25, 0.3) is 5.91 Å². The summed E-state index contributed by atoms with van der Waals surface area (Å²) in [6.45, 7) is 3.65. The van der Waals surface area contributed by atoms with Crippen LogP contribution in [-0.2, 0) is 4.79 Å². The van der Waals surface area contributed by atoms with Crippen molar-refractivity contribution in [3.05, 3.63) is 35.1 Å². The Morgan fingerprint density at radius 3 is 2.80 bits per heavy atom. The largest absolute Gasteiger partial charge is 0.480 e. The van der Waals surface area contributed by atoms with Crippen LogP contribution in [-0.4, -0.2) is 39.1 Å². The van der Waals surface area contributed by atoms with Gasteiger partial charge in [0, 0.05) is 5.75 Å². The molecule has 1 aliphatic heterocycles. The summed E-state index contributed by atoms with van der Waals surface area (Å²) in [6.07, 6.45) is 0.633. The zero-order valence-electron chi connectivity index (χ0n) is 11.3. The van der Waals surface area contributed by atoms with Crippen LogP contribution >= 0.6 is 11.8 Å². The predicted octanol–water partition coefficient (Wildman–Crippen LogP) is 2.51. The third-order valence-electron chi connectivity index (χ3n) is 3.31. The van der Waals surface area contributed by atoms with Crippen LogP contribution in [0.5, 0.6) is 0 Å². The molecule has 0 aliphatic carbocycles. The fraction of sp³-hybridized carbons (Fsp3) is 0.429. The molecule has 1 amide bonds. The second-order valence-electron chi connectivity index (χ2n) is 4.75. The van der Waals surface area contributed by atoms with Crippen molar-refractivity contribution in [2.45, 2.75) is 31.7 Å². The predicted molar refractivity (Wildman–Crippen MR) is 75.3 cm³/mol. The van der Waals surface area contributed by atoms with Gasteiger partial charge in [0.15, 0.2) is 0 Å². The molecular formula is C14H16FNO3S. The fourth-order valence-corrected chi connectivity index (χ4v) is 3.63. The lowest BCUT2D eigenvalue weighted by molar-refractivity contribution is -0.141. The molecule has 0 spiro atoms. The number of aliphatic carboxylic acids is 1. The summed E-state index contributed by atoms with van der Waals surface area (Å²) in [6, 6.07) is 3.39. The molecule has 1 aromatic rings. The van der Waals surface area contributed by atoms with Crippen LogP contribution in [0.4, 0.5) is 4.39 Å². The number of carboxylic acids is 1. The van der Waals surface area contributed by atoms with E-state index in [1.165, 1.54) is 28.8 Å². The number of carbonyl (C=O) groups is 2. The standard InChI is InChI=1S/C14H16FNO3S/c1-3-12-16(11(7-20-12)14(18)19)13(17)9-6-8(2)4-5-10(9)15/h4-6,11-12H,3,7H2,1-2H3,(H,18,19). The average Bonchev–Trinajstić information content (AvgIpc) is 2.84. The highest BCUT2D eigenvalue weighted by atomic mass is 32.2. The fourth-order valence-electron chi connectivity index (χ4n) is 2.28. The van der Waals surface area contributed by atoms with Crippen molar-refractivity contribution in [3.63, 3.8) is 0 Å². The number of nitrogens with zero attached hydrogens (tertiary/aromatic N) is 1. The Bertz CT molecular complexity index is 549. The average molecular weight is 297 g/mol. The van der Waals surface area contributed by atoms with Crippen LogP contribution in [0.15, 0.2) is 18.2 Å². The van der Waals surface area contributed by atoms with E-state index in [0.29, 0.717) is 12.2 Å². The SMILES string of the molecule is CCC1SCC(C(=O)O)N1C(=O)c1cc(C)ccc1F. The lowest BCUT2D eigenvalue weighted by Gasteiger charge is -2.27. The molecule has 2 rings (SSSR count). The van der Waals surface area contributed by atoms with Crippen LogP contribution in [0, 0.1) is 12.7 Å². The topological polar surface area (TPSA) is 57.6 Å². The molecule has 1 N–H and O–H groups in total. The second kappa shape index (κ2) is 5.83. The molecule has 1 aromatic carbocycles. The lowest BCUT2D eigenvalue weighted by Crippen LogP contribution is -2.45. The number of hydrogen-bond acceptors (Lipinski definition) is 3. The molecule has 0 saturated carbocycles. The molecule has 1 saturated heterocycles. The van der Waals surface area contributed by atoms with Crippen LogP contribution in [0.3, 0.4) is 0 Å². The number of thioether (sulfide) groups is 1. The Labute approximate surface area is 121 Å². The van der Waals surface area contributed by atoms with Crippen LogP contribution in [0.1, 0.15) is 29.3 Å². The van der Waals surface area contributed by atoms with Gasteiger partial charge in [-0.3, -0.25) is 4.79 Å². The molecule has 4 nitrogen and oxygen atoms in total. The minimum absolute atomic E-state index is 0.0581. The molecule has 1 fully saturated rings. The van der Waals surface area contributed by atoms with Crippen LogP contribution in [0.2, 0.25) is 0 Å². The summed E-state index contributed by atoms with van der Waals surface area (Å²) < 4.78 is 13.8. The van der Waals surface area contributed by atoms with Crippen molar-refractivity contribution in [3.8, 4) is 0 Å². The van der Waals surface area contributed by atoms with E-state index in [-0.39, 0.29) is 10.9 Å². The summed E-state index contributed by atoms with van der Waals surface area (Å²) in [5, 5.41) is 9.00. The van der Waals surface area contributed by atoms with Gasteiger partial charge in [0.1, 0.15) is 11.9 Å². The normalized spacial score (nSPS) is 22.1. The Morgan fingerprint density at radius 2 is 2.20 bits per heavy atom. The van der Waals surface area contributed by atoms with Crippen LogP contribution in [0.25, 0.3) is 0 Å². The zero-order valence-corrected chi connectivity index (χ0v) is 12.1. The maximum Gasteiger partial charge on any atom is 0.327 e. The van der Waals surface area contributed by atoms with Gasteiger partial charge in [-0.1, -0.05) is 18.6 Å². The third kappa shape index (κ3) is 2.65. The first kappa shape index (κ1) is 14.8. The number of carbonyl (C=O) groups excluding carboxylic acids is 1. The van der Waals surface area contributed by atoms with E-state index in [9.17, 15) is 19.1 Å². The Balaban J connectivity index is 2.38. The van der Waals surface area contributed by atoms with E-state index in [1.54, 1.807) is 13.0 Å². The zero-order chi connectivity index (χ0) is 14.9. The van der Waals surface area contributed by atoms with E-state index in [0.717, 1.165) is 5.56 Å². The smallest absolute Gasteiger partial charge is 0.327 e. The number of halogens is 1. The summed E-state index contributed by atoms with van der Waals surface area (Å²) in [7, 11) is 0. The van der Waals surface area contributed by atoms with E-state index in [1.807, 2.05) is 6.92 Å². The summed E-state index contributed by atoms with van der Waals surface area (Å²) in [5.74, 6) is -1.87. The molecule has 0 aromatic heterocycles. The maximum atomic E-state index is 13.8. The highest BCUT2D eigenvalue weighted by Gasteiger charge is 2.41. The van der Waals surface area contributed by atoms with Gasteiger partial charge in [-0.15, -0.1) is 11.8 Å². The number of rotatable bonds is 3. The first-order valence-corrected chi connectivity index (χ1v) is 7.43. The molecule has 0 bridgehead atoms. The molecular weight excluding hydrogens is 281 g/mol. The lowest BCUT2D eigenvalue weighted by atomic mass is 10.1. The van der Waals surface area contributed by atoms with Gasteiger partial charge in [0.05, 0.1) is 10.9 Å². The molecule has 108 valence electrons. The van der Waals surface area contributed by atoms with Gasteiger partial charge in [-0.25, -0.2) is 9.18 Å². The molecule has 6 heteroatoms. The minimum atomic E-state index is -1.05. The van der Waals surface area contributed by atoms with Gasteiger partial charge in [-0.2, -0.15) is 0 Å². The molecule has 1 aliphatic rings. The van der Waals surface area contributed by atoms with Gasteiger partial charge < -0.3 is 10.0 Å². The van der Waals surface area contributed by atoms with Gasteiger partial charge in [-0.05, 0) is 25.5 Å². The van der Waals surface area contributed by atoms with E-state index >= 15 is 0 Å². The van der Waals surface area contributed by atoms with E-state index in [2.05, 4.69) is 0 Å². The first-order chi connectivity index (χ1) is 9.45. The number of amides is 1. The highest BCUT2D eigenvalue weighted by molar-refractivity contribution is 8.00. The van der Waals surface area contributed by atoms with Crippen LogP contribution < -0.4 is 0 Å². The van der Waals surface area contributed by atoms with Gasteiger partial charge in [0.2, 0.25) is 0 Å². The summed E-state index contributed by atoms with van der Waals surface area (Å²) >= 11 is 1.42. The molecule has 20 heavy (non-hydrogen) atoms. The van der Waals surface area contributed by atoms with Crippen molar-refractivity contribution in [2.24, 2.45) is 0 Å².